The number of para-hydroxylation sites is 2. The zero-order valence-electron chi connectivity index (χ0n) is 14.1. The van der Waals surface area contributed by atoms with Crippen LogP contribution in [0.4, 0.5) is 5.82 Å². The normalized spacial score (nSPS) is 11.3. The number of aromatic nitrogens is 3. The van der Waals surface area contributed by atoms with E-state index in [2.05, 4.69) is 20.6 Å². The molecule has 2 aromatic heterocycles. The Morgan fingerprint density at radius 2 is 1.77 bits per heavy atom. The minimum Gasteiger partial charge on any atom is -0.261 e. The van der Waals surface area contributed by atoms with Gasteiger partial charge in [-0.2, -0.15) is 10.2 Å². The first kappa shape index (κ1) is 16.3. The van der Waals surface area contributed by atoms with Crippen LogP contribution in [-0.4, -0.2) is 21.0 Å². The van der Waals surface area contributed by atoms with Crippen molar-refractivity contribution in [3.05, 3.63) is 83.1 Å². The second-order valence-corrected chi connectivity index (χ2v) is 6.15. The van der Waals surface area contributed by atoms with Crippen LogP contribution in [0.2, 0.25) is 5.15 Å². The first-order valence-corrected chi connectivity index (χ1v) is 8.55. The second kappa shape index (κ2) is 6.98. The molecule has 0 fully saturated rings. The third-order valence-corrected chi connectivity index (χ3v) is 4.38. The van der Waals surface area contributed by atoms with Crippen molar-refractivity contribution < 1.29 is 0 Å². The molecule has 0 amide bonds. The summed E-state index contributed by atoms with van der Waals surface area (Å²) >= 11 is 6.49. The highest BCUT2D eigenvalue weighted by Gasteiger charge is 2.12. The predicted molar refractivity (Wildman–Crippen MR) is 106 cm³/mol. The minimum atomic E-state index is 0.519. The maximum Gasteiger partial charge on any atom is 0.146 e. The SMILES string of the molecule is Cc1nn(-c2ccccc2)c(Cl)c1C=NNc1ccc2ccccc2n1. The Hall–Kier alpha value is -3.18. The lowest BCUT2D eigenvalue weighted by Crippen LogP contribution is -1.96. The van der Waals surface area contributed by atoms with Crippen molar-refractivity contribution >= 4 is 34.5 Å². The number of pyridine rings is 1. The van der Waals surface area contributed by atoms with Gasteiger partial charge in [0.15, 0.2) is 0 Å². The number of halogens is 1. The van der Waals surface area contributed by atoms with Crippen LogP contribution < -0.4 is 5.43 Å². The van der Waals surface area contributed by atoms with Gasteiger partial charge in [-0.15, -0.1) is 0 Å². The van der Waals surface area contributed by atoms with Gasteiger partial charge < -0.3 is 0 Å². The molecule has 5 nitrogen and oxygen atoms in total. The Balaban J connectivity index is 1.57. The number of aryl methyl sites for hydroxylation is 1. The van der Waals surface area contributed by atoms with Crippen LogP contribution in [0.3, 0.4) is 0 Å². The van der Waals surface area contributed by atoms with Crippen molar-refractivity contribution in [3.63, 3.8) is 0 Å². The Morgan fingerprint density at radius 3 is 2.62 bits per heavy atom. The highest BCUT2D eigenvalue weighted by Crippen LogP contribution is 2.22. The van der Waals surface area contributed by atoms with Gasteiger partial charge >= 0.3 is 0 Å². The maximum atomic E-state index is 6.49. The summed E-state index contributed by atoms with van der Waals surface area (Å²) in [5.74, 6) is 0.671. The number of hydrogen-bond donors (Lipinski definition) is 1. The summed E-state index contributed by atoms with van der Waals surface area (Å²) in [6.07, 6.45) is 1.67. The molecule has 0 aliphatic carbocycles. The summed E-state index contributed by atoms with van der Waals surface area (Å²) < 4.78 is 1.70. The molecule has 0 spiro atoms. The number of rotatable bonds is 4. The topological polar surface area (TPSA) is 55.1 Å². The van der Waals surface area contributed by atoms with Gasteiger partial charge in [0.25, 0.3) is 0 Å². The monoisotopic (exact) mass is 361 g/mol. The minimum absolute atomic E-state index is 0.519. The Kier molecular flexibility index (Phi) is 4.37. The number of fused-ring (bicyclic) bond motifs is 1. The van der Waals surface area contributed by atoms with Gasteiger partial charge in [0.2, 0.25) is 0 Å². The first-order valence-electron chi connectivity index (χ1n) is 8.18. The number of nitrogens with zero attached hydrogens (tertiary/aromatic N) is 4. The van der Waals surface area contributed by atoms with E-state index in [-0.39, 0.29) is 0 Å². The molecule has 6 heteroatoms. The Morgan fingerprint density at radius 1 is 1.00 bits per heavy atom. The number of hydrazone groups is 1. The van der Waals surface area contributed by atoms with Crippen LogP contribution in [0, 0.1) is 6.92 Å². The van der Waals surface area contributed by atoms with Gasteiger partial charge in [-0.05, 0) is 37.3 Å². The smallest absolute Gasteiger partial charge is 0.146 e. The Bertz CT molecular complexity index is 1090. The molecule has 0 saturated heterocycles. The predicted octanol–water partition coefficient (Wildman–Crippen LogP) is 4.83. The number of nitrogens with one attached hydrogen (secondary N) is 1. The van der Waals surface area contributed by atoms with Crippen molar-refractivity contribution in [2.75, 3.05) is 5.43 Å². The molecule has 0 bridgehead atoms. The zero-order valence-corrected chi connectivity index (χ0v) is 14.9. The quantitative estimate of drug-likeness (QED) is 0.418. The van der Waals surface area contributed by atoms with Crippen molar-refractivity contribution in [1.82, 2.24) is 14.8 Å². The lowest BCUT2D eigenvalue weighted by atomic mass is 10.2. The van der Waals surface area contributed by atoms with E-state index >= 15 is 0 Å². The van der Waals surface area contributed by atoms with E-state index in [9.17, 15) is 0 Å². The highest BCUT2D eigenvalue weighted by molar-refractivity contribution is 6.32. The third-order valence-electron chi connectivity index (χ3n) is 4.02. The average molecular weight is 362 g/mol. The molecule has 0 unspecified atom stereocenters. The van der Waals surface area contributed by atoms with E-state index in [0.717, 1.165) is 27.8 Å². The summed E-state index contributed by atoms with van der Waals surface area (Å²) in [5, 5.41) is 10.4. The molecule has 0 aliphatic rings. The molecular weight excluding hydrogens is 346 g/mol. The number of hydrogen-bond acceptors (Lipinski definition) is 4. The lowest BCUT2D eigenvalue weighted by Gasteiger charge is -2.02. The standard InChI is InChI=1S/C20H16ClN5/c1-14-17(20(21)26(25-14)16-8-3-2-4-9-16)13-22-24-19-12-11-15-7-5-6-10-18(15)23-19/h2-13H,1H3,(H,23,24). The molecule has 0 saturated carbocycles. The first-order chi connectivity index (χ1) is 12.7. The fraction of sp³-hybridized carbons (Fsp3) is 0.0500. The fourth-order valence-corrected chi connectivity index (χ4v) is 3.01. The molecule has 0 atom stereocenters. The van der Waals surface area contributed by atoms with Gasteiger partial charge in [-0.25, -0.2) is 9.67 Å². The van der Waals surface area contributed by atoms with Crippen LogP contribution in [0.25, 0.3) is 16.6 Å². The lowest BCUT2D eigenvalue weighted by molar-refractivity contribution is 0.863. The molecule has 0 aliphatic heterocycles. The van der Waals surface area contributed by atoms with Crippen LogP contribution in [0.1, 0.15) is 11.3 Å². The molecule has 0 radical (unpaired) electrons. The van der Waals surface area contributed by atoms with E-state index in [1.165, 1.54) is 0 Å². The maximum absolute atomic E-state index is 6.49. The van der Waals surface area contributed by atoms with Crippen molar-refractivity contribution in [3.8, 4) is 5.69 Å². The van der Waals surface area contributed by atoms with E-state index in [0.29, 0.717) is 11.0 Å². The number of benzene rings is 2. The van der Waals surface area contributed by atoms with Crippen molar-refractivity contribution in [2.45, 2.75) is 6.92 Å². The van der Waals surface area contributed by atoms with Gasteiger partial charge in [-0.3, -0.25) is 5.43 Å². The van der Waals surface area contributed by atoms with Gasteiger partial charge in [0, 0.05) is 5.39 Å². The molecular formula is C20H16ClN5. The molecule has 1 N–H and O–H groups in total. The largest absolute Gasteiger partial charge is 0.261 e. The highest BCUT2D eigenvalue weighted by atomic mass is 35.5. The molecule has 2 aromatic carbocycles. The molecule has 4 rings (SSSR count). The van der Waals surface area contributed by atoms with Crippen molar-refractivity contribution in [1.29, 1.82) is 0 Å². The molecule has 2 heterocycles. The van der Waals surface area contributed by atoms with Crippen LogP contribution in [-0.2, 0) is 0 Å². The fourth-order valence-electron chi connectivity index (χ4n) is 2.69. The second-order valence-electron chi connectivity index (χ2n) is 5.80. The van der Waals surface area contributed by atoms with Crippen LogP contribution in [0.5, 0.6) is 0 Å². The van der Waals surface area contributed by atoms with E-state index in [4.69, 9.17) is 11.6 Å². The number of anilines is 1. The summed E-state index contributed by atoms with van der Waals surface area (Å²) in [4.78, 5) is 4.53. The summed E-state index contributed by atoms with van der Waals surface area (Å²) in [7, 11) is 0. The van der Waals surface area contributed by atoms with Gasteiger partial charge in [0.1, 0.15) is 11.0 Å². The molecule has 128 valence electrons. The van der Waals surface area contributed by atoms with E-state index < -0.39 is 0 Å². The Labute approximate surface area is 156 Å². The third kappa shape index (κ3) is 3.17. The molecule has 26 heavy (non-hydrogen) atoms. The van der Waals surface area contributed by atoms with Crippen LogP contribution >= 0.6 is 11.6 Å². The zero-order chi connectivity index (χ0) is 17.9. The average Bonchev–Trinajstić information content (AvgIpc) is 2.97. The van der Waals surface area contributed by atoms with Crippen LogP contribution in [0.15, 0.2) is 71.8 Å². The van der Waals surface area contributed by atoms with Crippen molar-refractivity contribution in [2.24, 2.45) is 5.10 Å². The van der Waals surface area contributed by atoms with E-state index in [1.54, 1.807) is 10.9 Å². The summed E-state index contributed by atoms with van der Waals surface area (Å²) in [6.45, 7) is 1.90. The molecule has 4 aromatic rings. The van der Waals surface area contributed by atoms with E-state index in [1.807, 2.05) is 73.7 Å². The van der Waals surface area contributed by atoms with Gasteiger partial charge in [-0.1, -0.05) is 48.0 Å². The summed E-state index contributed by atoms with van der Waals surface area (Å²) in [5.41, 5.74) is 6.34. The summed E-state index contributed by atoms with van der Waals surface area (Å²) in [6, 6.07) is 21.6. The van der Waals surface area contributed by atoms with Gasteiger partial charge in [0.05, 0.1) is 28.7 Å².